The second kappa shape index (κ2) is 5.43. The molecule has 2 rings (SSSR count). The Labute approximate surface area is 112 Å². The zero-order valence-corrected chi connectivity index (χ0v) is 11.3. The minimum atomic E-state index is -0.990. The van der Waals surface area contributed by atoms with Crippen LogP contribution in [0.5, 0.6) is 0 Å². The normalized spacial score (nSPS) is 15.1. The third-order valence-electron chi connectivity index (χ3n) is 3.61. The molecule has 1 aliphatic carbocycles. The molecule has 19 heavy (non-hydrogen) atoms. The Morgan fingerprint density at radius 2 is 2.00 bits per heavy atom. The summed E-state index contributed by atoms with van der Waals surface area (Å²) in [5.74, 6) is -1.41. The lowest BCUT2D eigenvalue weighted by Crippen LogP contribution is -2.44. The van der Waals surface area contributed by atoms with Gasteiger partial charge in [-0.15, -0.1) is 0 Å². The summed E-state index contributed by atoms with van der Waals surface area (Å²) in [6.07, 6.45) is 2.97. The number of fused-ring (bicyclic) bond motifs is 1. The van der Waals surface area contributed by atoms with Gasteiger partial charge in [0.05, 0.1) is 0 Å². The summed E-state index contributed by atoms with van der Waals surface area (Å²) in [6.45, 7) is 3.57. The van der Waals surface area contributed by atoms with Gasteiger partial charge in [0.2, 0.25) is 0 Å². The molecule has 0 aliphatic heterocycles. The largest absolute Gasteiger partial charge is 0.480 e. The van der Waals surface area contributed by atoms with E-state index in [4.69, 9.17) is 5.11 Å². The second-order valence-electron chi connectivity index (χ2n) is 5.33. The van der Waals surface area contributed by atoms with Crippen LogP contribution in [0.15, 0.2) is 18.2 Å². The Kier molecular flexibility index (Phi) is 3.88. The maximum atomic E-state index is 12.2. The van der Waals surface area contributed by atoms with Crippen LogP contribution >= 0.6 is 0 Å². The number of hydrogen-bond donors (Lipinski definition) is 2. The molecule has 4 heteroatoms. The van der Waals surface area contributed by atoms with Crippen LogP contribution in [0.25, 0.3) is 0 Å². The van der Waals surface area contributed by atoms with Crippen molar-refractivity contribution in [1.29, 1.82) is 0 Å². The Morgan fingerprint density at radius 1 is 1.26 bits per heavy atom. The number of aliphatic carboxylic acids is 1. The fourth-order valence-electron chi connectivity index (χ4n) is 2.56. The van der Waals surface area contributed by atoms with Crippen LogP contribution in [0, 0.1) is 5.92 Å². The number of hydrogen-bond acceptors (Lipinski definition) is 2. The van der Waals surface area contributed by atoms with Crippen LogP contribution in [0.1, 0.15) is 41.8 Å². The molecule has 0 unspecified atom stereocenters. The van der Waals surface area contributed by atoms with Crippen LogP contribution in [-0.2, 0) is 17.6 Å². The van der Waals surface area contributed by atoms with Gasteiger partial charge in [0.15, 0.2) is 0 Å². The highest BCUT2D eigenvalue weighted by Gasteiger charge is 2.26. The molecule has 0 aromatic heterocycles. The molecule has 0 heterocycles. The first kappa shape index (κ1) is 13.6. The molecular formula is C15H19NO3. The summed E-state index contributed by atoms with van der Waals surface area (Å²) in [7, 11) is 0. The maximum absolute atomic E-state index is 12.2. The Balaban J connectivity index is 2.21. The molecule has 0 bridgehead atoms. The monoisotopic (exact) mass is 261 g/mol. The molecule has 1 aromatic rings. The summed E-state index contributed by atoms with van der Waals surface area (Å²) in [4.78, 5) is 23.4. The fraction of sp³-hybridized carbons (Fsp3) is 0.467. The number of carbonyl (C=O) groups is 2. The molecule has 102 valence electrons. The van der Waals surface area contributed by atoms with Gasteiger partial charge in [0, 0.05) is 5.56 Å². The molecule has 0 fully saturated rings. The molecule has 2 N–H and O–H groups in total. The van der Waals surface area contributed by atoms with Crippen molar-refractivity contribution in [1.82, 2.24) is 5.32 Å². The fourth-order valence-corrected chi connectivity index (χ4v) is 2.56. The van der Waals surface area contributed by atoms with Gasteiger partial charge in [0.1, 0.15) is 6.04 Å². The van der Waals surface area contributed by atoms with Crippen molar-refractivity contribution >= 4 is 11.9 Å². The van der Waals surface area contributed by atoms with Gasteiger partial charge in [-0.2, -0.15) is 0 Å². The van der Waals surface area contributed by atoms with Gasteiger partial charge in [-0.3, -0.25) is 4.79 Å². The summed E-state index contributed by atoms with van der Waals surface area (Å²) in [5, 5.41) is 11.7. The first-order valence-corrected chi connectivity index (χ1v) is 6.65. The van der Waals surface area contributed by atoms with E-state index in [9.17, 15) is 9.59 Å². The predicted molar refractivity (Wildman–Crippen MR) is 72.2 cm³/mol. The van der Waals surface area contributed by atoms with Crippen molar-refractivity contribution in [2.24, 2.45) is 5.92 Å². The third kappa shape index (κ3) is 2.78. The second-order valence-corrected chi connectivity index (χ2v) is 5.33. The topological polar surface area (TPSA) is 66.4 Å². The predicted octanol–water partition coefficient (Wildman–Crippen LogP) is 2.01. The van der Waals surface area contributed by atoms with E-state index in [1.54, 1.807) is 19.9 Å². The van der Waals surface area contributed by atoms with E-state index in [0.717, 1.165) is 24.8 Å². The number of carbonyl (C=O) groups excluding carboxylic acids is 1. The lowest BCUT2D eigenvalue weighted by atomic mass is 10.0. The molecule has 0 saturated carbocycles. The lowest BCUT2D eigenvalue weighted by Gasteiger charge is -2.18. The molecule has 1 aromatic carbocycles. The van der Waals surface area contributed by atoms with Crippen LogP contribution in [0.3, 0.4) is 0 Å². The first-order chi connectivity index (χ1) is 9.00. The highest BCUT2D eigenvalue weighted by molar-refractivity contribution is 5.98. The van der Waals surface area contributed by atoms with Crippen molar-refractivity contribution < 1.29 is 14.7 Å². The number of benzene rings is 1. The summed E-state index contributed by atoms with van der Waals surface area (Å²) < 4.78 is 0. The van der Waals surface area contributed by atoms with E-state index in [1.165, 1.54) is 5.56 Å². The van der Waals surface area contributed by atoms with Gasteiger partial charge in [-0.1, -0.05) is 26.0 Å². The molecule has 4 nitrogen and oxygen atoms in total. The summed E-state index contributed by atoms with van der Waals surface area (Å²) in [5.41, 5.74) is 2.92. The molecular weight excluding hydrogens is 242 g/mol. The lowest BCUT2D eigenvalue weighted by molar-refractivity contribution is -0.140. The Hall–Kier alpha value is -1.84. The zero-order valence-electron chi connectivity index (χ0n) is 11.3. The third-order valence-corrected chi connectivity index (χ3v) is 3.61. The minimum absolute atomic E-state index is 0.141. The van der Waals surface area contributed by atoms with E-state index in [-0.39, 0.29) is 11.8 Å². The van der Waals surface area contributed by atoms with E-state index in [0.29, 0.717) is 5.56 Å². The highest BCUT2D eigenvalue weighted by Crippen LogP contribution is 2.25. The van der Waals surface area contributed by atoms with Crippen LogP contribution in [-0.4, -0.2) is 23.0 Å². The molecule has 1 aliphatic rings. The molecule has 1 atom stereocenters. The molecule has 0 radical (unpaired) electrons. The van der Waals surface area contributed by atoms with Crippen molar-refractivity contribution in [3.05, 3.63) is 34.9 Å². The smallest absolute Gasteiger partial charge is 0.326 e. The van der Waals surface area contributed by atoms with Gasteiger partial charge in [-0.25, -0.2) is 4.79 Å². The number of carboxylic acids is 1. The average Bonchev–Trinajstić information content (AvgIpc) is 2.82. The average molecular weight is 261 g/mol. The molecule has 1 amide bonds. The SMILES string of the molecule is CC(C)[C@H](NC(=O)c1cccc2c1CCC2)C(=O)O. The van der Waals surface area contributed by atoms with Crippen molar-refractivity contribution in [3.8, 4) is 0 Å². The number of aryl methyl sites for hydroxylation is 1. The van der Waals surface area contributed by atoms with E-state index >= 15 is 0 Å². The van der Waals surface area contributed by atoms with E-state index in [2.05, 4.69) is 5.32 Å². The molecule has 0 spiro atoms. The van der Waals surface area contributed by atoms with Crippen LogP contribution < -0.4 is 5.32 Å². The van der Waals surface area contributed by atoms with E-state index < -0.39 is 12.0 Å². The number of carboxylic acid groups (broad SMARTS) is 1. The van der Waals surface area contributed by atoms with Gasteiger partial charge in [-0.05, 0) is 42.4 Å². The number of amides is 1. The minimum Gasteiger partial charge on any atom is -0.480 e. The van der Waals surface area contributed by atoms with Crippen LogP contribution in [0.2, 0.25) is 0 Å². The first-order valence-electron chi connectivity index (χ1n) is 6.65. The van der Waals surface area contributed by atoms with Gasteiger partial charge in [0.25, 0.3) is 5.91 Å². The highest BCUT2D eigenvalue weighted by atomic mass is 16.4. The molecule has 0 saturated heterocycles. The quantitative estimate of drug-likeness (QED) is 0.871. The number of nitrogens with one attached hydrogen (secondary N) is 1. The van der Waals surface area contributed by atoms with Gasteiger partial charge >= 0.3 is 5.97 Å². The van der Waals surface area contributed by atoms with Crippen LogP contribution in [0.4, 0.5) is 0 Å². The Morgan fingerprint density at radius 3 is 2.63 bits per heavy atom. The zero-order chi connectivity index (χ0) is 14.0. The Bertz CT molecular complexity index is 508. The number of rotatable bonds is 4. The summed E-state index contributed by atoms with van der Waals surface area (Å²) >= 11 is 0. The van der Waals surface area contributed by atoms with Crippen molar-refractivity contribution in [2.45, 2.75) is 39.2 Å². The summed E-state index contributed by atoms with van der Waals surface area (Å²) in [6, 6.07) is 4.84. The van der Waals surface area contributed by atoms with E-state index in [1.807, 2.05) is 12.1 Å². The van der Waals surface area contributed by atoms with Crippen molar-refractivity contribution in [2.75, 3.05) is 0 Å². The van der Waals surface area contributed by atoms with Gasteiger partial charge < -0.3 is 10.4 Å². The standard InChI is InChI=1S/C15H19NO3/c1-9(2)13(15(18)19)16-14(17)12-8-4-6-10-5-3-7-11(10)12/h4,6,8-9,13H,3,5,7H2,1-2H3,(H,16,17)(H,18,19)/t13-/m0/s1. The maximum Gasteiger partial charge on any atom is 0.326 e. The van der Waals surface area contributed by atoms with Crippen molar-refractivity contribution in [3.63, 3.8) is 0 Å².